The Labute approximate surface area is 127 Å². The van der Waals surface area contributed by atoms with E-state index in [1.165, 1.54) is 0 Å². The molecule has 0 spiro atoms. The normalized spacial score (nSPS) is 12.9. The maximum atomic E-state index is 12.8. The fourth-order valence-electron chi connectivity index (χ4n) is 2.16. The summed E-state index contributed by atoms with van der Waals surface area (Å²) in [4.78, 5) is 12.8. The third-order valence-corrected chi connectivity index (χ3v) is 3.85. The summed E-state index contributed by atoms with van der Waals surface area (Å²) in [5.41, 5.74) is 2.06. The van der Waals surface area contributed by atoms with Gasteiger partial charge in [-0.2, -0.15) is 0 Å². The van der Waals surface area contributed by atoms with E-state index in [1.54, 1.807) is 0 Å². The van der Waals surface area contributed by atoms with E-state index in [4.69, 9.17) is 0 Å². The lowest BCUT2D eigenvalue weighted by molar-refractivity contribution is 0.0873. The summed E-state index contributed by atoms with van der Waals surface area (Å²) in [5, 5.41) is 0. The highest BCUT2D eigenvalue weighted by molar-refractivity contribution is 6.03. The van der Waals surface area contributed by atoms with Gasteiger partial charge < -0.3 is 0 Å². The number of rotatable bonds is 3. The number of carbonyl (C=O) groups excluding carboxylic acids is 1. The van der Waals surface area contributed by atoms with Gasteiger partial charge in [-0.1, -0.05) is 61.2 Å². The summed E-state index contributed by atoms with van der Waals surface area (Å²) in [6.07, 6.45) is 0.694. The SMILES string of the molecule is CCC(C)(C#Cc1ccccc1)C(=O)c1ccccc1C. The lowest BCUT2D eigenvalue weighted by Gasteiger charge is -2.21. The zero-order valence-corrected chi connectivity index (χ0v) is 12.8. The van der Waals surface area contributed by atoms with Crippen molar-refractivity contribution in [3.63, 3.8) is 0 Å². The van der Waals surface area contributed by atoms with Gasteiger partial charge in [-0.05, 0) is 38.0 Å². The van der Waals surface area contributed by atoms with Gasteiger partial charge in [-0.25, -0.2) is 0 Å². The molecular weight excluding hydrogens is 256 g/mol. The standard InChI is InChI=1S/C20H20O/c1-4-20(3,15-14-17-11-6-5-7-12-17)19(21)18-13-9-8-10-16(18)2/h5-13H,4H2,1-3H3. The van der Waals surface area contributed by atoms with Crippen molar-refractivity contribution in [2.24, 2.45) is 5.41 Å². The van der Waals surface area contributed by atoms with Crippen LogP contribution in [0.3, 0.4) is 0 Å². The van der Waals surface area contributed by atoms with Gasteiger partial charge >= 0.3 is 0 Å². The Morgan fingerprint density at radius 1 is 1.05 bits per heavy atom. The first-order valence-corrected chi connectivity index (χ1v) is 7.25. The molecule has 0 amide bonds. The van der Waals surface area contributed by atoms with Crippen molar-refractivity contribution in [2.75, 3.05) is 0 Å². The van der Waals surface area contributed by atoms with Crippen LogP contribution < -0.4 is 0 Å². The number of carbonyl (C=O) groups is 1. The Kier molecular flexibility index (Phi) is 4.60. The second-order valence-electron chi connectivity index (χ2n) is 5.45. The predicted octanol–water partition coefficient (Wildman–Crippen LogP) is 4.65. The van der Waals surface area contributed by atoms with E-state index in [1.807, 2.05) is 75.4 Å². The van der Waals surface area contributed by atoms with E-state index in [0.29, 0.717) is 6.42 Å². The van der Waals surface area contributed by atoms with E-state index in [-0.39, 0.29) is 5.78 Å². The fourth-order valence-corrected chi connectivity index (χ4v) is 2.16. The van der Waals surface area contributed by atoms with Gasteiger partial charge in [0.05, 0.1) is 5.41 Å². The second-order valence-corrected chi connectivity index (χ2v) is 5.45. The number of hydrogen-bond acceptors (Lipinski definition) is 1. The monoisotopic (exact) mass is 276 g/mol. The Balaban J connectivity index is 2.36. The second kappa shape index (κ2) is 6.41. The Morgan fingerprint density at radius 2 is 1.67 bits per heavy atom. The number of aryl methyl sites for hydroxylation is 1. The van der Waals surface area contributed by atoms with Crippen molar-refractivity contribution in [3.8, 4) is 11.8 Å². The molecule has 2 aromatic rings. The average molecular weight is 276 g/mol. The average Bonchev–Trinajstić information content (AvgIpc) is 2.53. The van der Waals surface area contributed by atoms with Gasteiger partial charge in [0.25, 0.3) is 0 Å². The summed E-state index contributed by atoms with van der Waals surface area (Å²) in [6, 6.07) is 17.5. The topological polar surface area (TPSA) is 17.1 Å². The van der Waals surface area contributed by atoms with Crippen LogP contribution in [0, 0.1) is 24.2 Å². The maximum absolute atomic E-state index is 12.8. The van der Waals surface area contributed by atoms with E-state index in [9.17, 15) is 4.79 Å². The molecule has 0 fully saturated rings. The van der Waals surface area contributed by atoms with E-state index in [0.717, 1.165) is 16.7 Å². The van der Waals surface area contributed by atoms with Gasteiger partial charge in [-0.15, -0.1) is 0 Å². The van der Waals surface area contributed by atoms with Gasteiger partial charge in [0.1, 0.15) is 0 Å². The quantitative estimate of drug-likeness (QED) is 0.589. The van der Waals surface area contributed by atoms with Gasteiger partial charge in [0, 0.05) is 11.1 Å². The van der Waals surface area contributed by atoms with Crippen LogP contribution in [0.1, 0.15) is 41.8 Å². The molecule has 0 bridgehead atoms. The molecular formula is C20H20O. The molecule has 1 nitrogen and oxygen atoms in total. The van der Waals surface area contributed by atoms with Gasteiger partial charge in [0.15, 0.2) is 5.78 Å². The molecule has 21 heavy (non-hydrogen) atoms. The number of Topliss-reactive ketones (excluding diaryl/α,β-unsaturated/α-hetero) is 1. The highest BCUT2D eigenvalue weighted by atomic mass is 16.1. The maximum Gasteiger partial charge on any atom is 0.180 e. The summed E-state index contributed by atoms with van der Waals surface area (Å²) < 4.78 is 0. The molecule has 1 atom stereocenters. The minimum absolute atomic E-state index is 0.103. The molecule has 2 rings (SSSR count). The van der Waals surface area contributed by atoms with E-state index >= 15 is 0 Å². The summed E-state index contributed by atoms with van der Waals surface area (Å²) in [7, 11) is 0. The van der Waals surface area contributed by atoms with Crippen LogP contribution in [0.5, 0.6) is 0 Å². The van der Waals surface area contributed by atoms with Crippen LogP contribution in [0.15, 0.2) is 54.6 Å². The Morgan fingerprint density at radius 3 is 2.29 bits per heavy atom. The molecule has 106 valence electrons. The molecule has 0 heterocycles. The molecule has 0 aliphatic heterocycles. The predicted molar refractivity (Wildman–Crippen MR) is 87.2 cm³/mol. The zero-order chi connectivity index (χ0) is 15.3. The van der Waals surface area contributed by atoms with Crippen LogP contribution in [0.25, 0.3) is 0 Å². The molecule has 0 aliphatic carbocycles. The largest absolute Gasteiger partial charge is 0.292 e. The van der Waals surface area contributed by atoms with Crippen LogP contribution in [-0.2, 0) is 0 Å². The Hall–Kier alpha value is -2.33. The zero-order valence-electron chi connectivity index (χ0n) is 12.8. The lowest BCUT2D eigenvalue weighted by Crippen LogP contribution is -2.26. The van der Waals surface area contributed by atoms with Crippen molar-refractivity contribution >= 4 is 5.78 Å². The number of ketones is 1. The summed E-state index contributed by atoms with van der Waals surface area (Å²) in [5.74, 6) is 6.43. The minimum Gasteiger partial charge on any atom is -0.292 e. The first-order chi connectivity index (χ1) is 10.1. The minimum atomic E-state index is -0.651. The van der Waals surface area contributed by atoms with Gasteiger partial charge in [-0.3, -0.25) is 4.79 Å². The summed E-state index contributed by atoms with van der Waals surface area (Å²) in [6.45, 7) is 5.90. The lowest BCUT2D eigenvalue weighted by atomic mass is 9.79. The third kappa shape index (κ3) is 3.41. The Bertz CT molecular complexity index is 689. The molecule has 0 saturated heterocycles. The smallest absolute Gasteiger partial charge is 0.180 e. The van der Waals surface area contributed by atoms with Crippen molar-refractivity contribution in [3.05, 3.63) is 71.3 Å². The molecule has 1 unspecified atom stereocenters. The van der Waals surface area contributed by atoms with Crippen molar-refractivity contribution in [1.29, 1.82) is 0 Å². The van der Waals surface area contributed by atoms with Crippen LogP contribution >= 0.6 is 0 Å². The molecule has 0 saturated carbocycles. The fraction of sp³-hybridized carbons (Fsp3) is 0.250. The molecule has 1 heteroatoms. The first kappa shape index (κ1) is 15.1. The van der Waals surface area contributed by atoms with E-state index < -0.39 is 5.41 Å². The highest BCUT2D eigenvalue weighted by Crippen LogP contribution is 2.27. The van der Waals surface area contributed by atoms with E-state index in [2.05, 4.69) is 11.8 Å². The third-order valence-electron chi connectivity index (χ3n) is 3.85. The van der Waals surface area contributed by atoms with Crippen LogP contribution in [0.2, 0.25) is 0 Å². The van der Waals surface area contributed by atoms with Crippen molar-refractivity contribution < 1.29 is 4.79 Å². The molecule has 0 N–H and O–H groups in total. The van der Waals surface area contributed by atoms with Crippen molar-refractivity contribution in [1.82, 2.24) is 0 Å². The van der Waals surface area contributed by atoms with Gasteiger partial charge in [0.2, 0.25) is 0 Å². The first-order valence-electron chi connectivity index (χ1n) is 7.25. The molecule has 0 aliphatic rings. The molecule has 0 radical (unpaired) electrons. The molecule has 2 aromatic carbocycles. The van der Waals surface area contributed by atoms with Crippen LogP contribution in [0.4, 0.5) is 0 Å². The van der Waals surface area contributed by atoms with Crippen molar-refractivity contribution in [2.45, 2.75) is 27.2 Å². The highest BCUT2D eigenvalue weighted by Gasteiger charge is 2.30. The van der Waals surface area contributed by atoms with Crippen LogP contribution in [-0.4, -0.2) is 5.78 Å². The molecule has 0 aromatic heterocycles. The summed E-state index contributed by atoms with van der Waals surface area (Å²) >= 11 is 0. The number of hydrogen-bond donors (Lipinski definition) is 0. The number of benzene rings is 2.